The summed E-state index contributed by atoms with van der Waals surface area (Å²) >= 11 is 1.97. The van der Waals surface area contributed by atoms with Crippen LogP contribution in [0.2, 0.25) is 0 Å². The minimum Gasteiger partial charge on any atom is -0.317 e. The van der Waals surface area contributed by atoms with Crippen LogP contribution >= 0.6 is 11.8 Å². The number of hydrogen-bond acceptors (Lipinski definition) is 2. The van der Waals surface area contributed by atoms with E-state index in [0.717, 1.165) is 11.8 Å². The van der Waals surface area contributed by atoms with E-state index in [2.05, 4.69) is 16.8 Å². The smallest absolute Gasteiger partial charge is 0.00399 e. The Hall–Kier alpha value is 0.0500. The predicted octanol–water partition coefficient (Wildman–Crippen LogP) is 1.86. The molecule has 2 aliphatic heterocycles. The summed E-state index contributed by atoms with van der Waals surface area (Å²) in [5.74, 6) is 3.20. The van der Waals surface area contributed by atoms with Gasteiger partial charge >= 0.3 is 0 Å². The van der Waals surface area contributed by atoms with Crippen LogP contribution < -0.4 is 5.32 Å². The predicted molar refractivity (Wildman–Crippen MR) is 50.7 cm³/mol. The van der Waals surface area contributed by atoms with Crippen molar-refractivity contribution in [2.45, 2.75) is 12.8 Å². The zero-order valence-electron chi connectivity index (χ0n) is 6.75. The Labute approximate surface area is 72.6 Å². The minimum absolute atomic E-state index is 0.891. The molecule has 62 valence electrons. The summed E-state index contributed by atoms with van der Waals surface area (Å²) in [5.41, 5.74) is 0. The Balaban J connectivity index is 1.87. The fourth-order valence-corrected chi connectivity index (χ4v) is 2.97. The van der Waals surface area contributed by atoms with E-state index in [9.17, 15) is 0 Å². The van der Waals surface area contributed by atoms with Crippen molar-refractivity contribution >= 4 is 11.8 Å². The first kappa shape index (κ1) is 7.69. The van der Waals surface area contributed by atoms with E-state index < -0.39 is 0 Å². The number of hydrogen-bond donors (Lipinski definition) is 1. The second kappa shape index (κ2) is 3.63. The van der Waals surface area contributed by atoms with Gasteiger partial charge in [0.05, 0.1) is 0 Å². The standard InChI is InChI=1S/C9H15NS/c1-4-10-5-2-8(1)9-3-6-11-7-9/h3,6,8-10H,1-2,4-5,7H2. The molecular weight excluding hydrogens is 154 g/mol. The summed E-state index contributed by atoms with van der Waals surface area (Å²) in [6, 6.07) is 0. The average molecular weight is 169 g/mol. The average Bonchev–Trinajstić information content (AvgIpc) is 2.58. The highest BCUT2D eigenvalue weighted by atomic mass is 32.2. The van der Waals surface area contributed by atoms with Crippen LogP contribution in [0.25, 0.3) is 0 Å². The zero-order valence-corrected chi connectivity index (χ0v) is 7.57. The Morgan fingerprint density at radius 3 is 2.73 bits per heavy atom. The molecule has 0 radical (unpaired) electrons. The molecule has 1 saturated heterocycles. The SMILES string of the molecule is C1=CC(C2CCNCC2)CS1. The summed E-state index contributed by atoms with van der Waals surface area (Å²) in [4.78, 5) is 0. The van der Waals surface area contributed by atoms with E-state index in [-0.39, 0.29) is 0 Å². The van der Waals surface area contributed by atoms with E-state index in [4.69, 9.17) is 0 Å². The Bertz CT molecular complexity index is 150. The van der Waals surface area contributed by atoms with Crippen molar-refractivity contribution in [3.05, 3.63) is 11.5 Å². The first-order chi connectivity index (χ1) is 5.47. The molecule has 2 rings (SSSR count). The fraction of sp³-hybridized carbons (Fsp3) is 0.778. The van der Waals surface area contributed by atoms with Gasteiger partial charge < -0.3 is 5.32 Å². The number of thioether (sulfide) groups is 1. The molecule has 0 aromatic rings. The van der Waals surface area contributed by atoms with E-state index in [1.165, 1.54) is 31.7 Å². The third-order valence-corrected chi connectivity index (χ3v) is 3.63. The molecule has 11 heavy (non-hydrogen) atoms. The summed E-state index contributed by atoms with van der Waals surface area (Å²) in [7, 11) is 0. The molecule has 0 saturated carbocycles. The molecular formula is C9H15NS. The van der Waals surface area contributed by atoms with E-state index in [1.54, 1.807) is 0 Å². The normalized spacial score (nSPS) is 32.9. The third-order valence-electron chi connectivity index (χ3n) is 2.70. The van der Waals surface area contributed by atoms with Gasteiger partial charge in [0.2, 0.25) is 0 Å². The van der Waals surface area contributed by atoms with Crippen LogP contribution in [0.15, 0.2) is 11.5 Å². The van der Waals surface area contributed by atoms with Crippen molar-refractivity contribution in [3.8, 4) is 0 Å². The first-order valence-electron chi connectivity index (χ1n) is 4.46. The number of nitrogens with one attached hydrogen (secondary N) is 1. The van der Waals surface area contributed by atoms with E-state index >= 15 is 0 Å². The molecule has 2 heterocycles. The molecule has 0 bridgehead atoms. The molecule has 1 fully saturated rings. The van der Waals surface area contributed by atoms with Crippen molar-refractivity contribution in [1.82, 2.24) is 5.32 Å². The van der Waals surface area contributed by atoms with Gasteiger partial charge in [-0.15, -0.1) is 11.8 Å². The molecule has 2 heteroatoms. The topological polar surface area (TPSA) is 12.0 Å². The number of rotatable bonds is 1. The highest BCUT2D eigenvalue weighted by Gasteiger charge is 2.22. The van der Waals surface area contributed by atoms with Crippen LogP contribution in [-0.4, -0.2) is 18.8 Å². The molecule has 0 aromatic heterocycles. The van der Waals surface area contributed by atoms with Gasteiger partial charge in [0.25, 0.3) is 0 Å². The van der Waals surface area contributed by atoms with Gasteiger partial charge in [0, 0.05) is 5.75 Å². The number of piperidine rings is 1. The molecule has 1 atom stereocenters. The van der Waals surface area contributed by atoms with Gasteiger partial charge in [0.1, 0.15) is 0 Å². The summed E-state index contributed by atoms with van der Waals surface area (Å²) in [6.45, 7) is 2.47. The molecule has 0 aromatic carbocycles. The monoisotopic (exact) mass is 169 g/mol. The van der Waals surface area contributed by atoms with Gasteiger partial charge in [-0.05, 0) is 43.2 Å². The Morgan fingerprint density at radius 2 is 2.09 bits per heavy atom. The van der Waals surface area contributed by atoms with Crippen molar-refractivity contribution in [2.75, 3.05) is 18.8 Å². The number of allylic oxidation sites excluding steroid dienone is 1. The van der Waals surface area contributed by atoms with E-state index in [1.807, 2.05) is 11.8 Å². The van der Waals surface area contributed by atoms with Crippen LogP contribution in [0, 0.1) is 11.8 Å². The van der Waals surface area contributed by atoms with Crippen LogP contribution in [0.4, 0.5) is 0 Å². The van der Waals surface area contributed by atoms with Gasteiger partial charge in [-0.2, -0.15) is 0 Å². The van der Waals surface area contributed by atoms with Gasteiger partial charge in [-0.3, -0.25) is 0 Å². The maximum absolute atomic E-state index is 3.41. The highest BCUT2D eigenvalue weighted by Crippen LogP contribution is 2.31. The van der Waals surface area contributed by atoms with Gasteiger partial charge in [-0.1, -0.05) is 6.08 Å². The molecule has 0 spiro atoms. The molecule has 1 unspecified atom stereocenters. The minimum atomic E-state index is 0.891. The van der Waals surface area contributed by atoms with Gasteiger partial charge in [0.15, 0.2) is 0 Å². The van der Waals surface area contributed by atoms with Gasteiger partial charge in [-0.25, -0.2) is 0 Å². The maximum atomic E-state index is 3.41. The molecule has 1 N–H and O–H groups in total. The molecule has 0 amide bonds. The van der Waals surface area contributed by atoms with Crippen LogP contribution in [0.1, 0.15) is 12.8 Å². The maximum Gasteiger partial charge on any atom is 0.00399 e. The van der Waals surface area contributed by atoms with Crippen LogP contribution in [-0.2, 0) is 0 Å². The van der Waals surface area contributed by atoms with Crippen molar-refractivity contribution in [3.63, 3.8) is 0 Å². The van der Waals surface area contributed by atoms with Crippen LogP contribution in [0.3, 0.4) is 0 Å². The lowest BCUT2D eigenvalue weighted by atomic mass is 9.86. The summed E-state index contributed by atoms with van der Waals surface area (Å²) < 4.78 is 0. The Kier molecular flexibility index (Phi) is 2.54. The lowest BCUT2D eigenvalue weighted by molar-refractivity contribution is 0.318. The lowest BCUT2D eigenvalue weighted by Crippen LogP contribution is -2.31. The first-order valence-corrected chi connectivity index (χ1v) is 5.50. The fourth-order valence-electron chi connectivity index (χ4n) is 1.94. The van der Waals surface area contributed by atoms with Crippen LogP contribution in [0.5, 0.6) is 0 Å². The quantitative estimate of drug-likeness (QED) is 0.643. The molecule has 2 aliphatic rings. The lowest BCUT2D eigenvalue weighted by Gasteiger charge is -2.26. The molecule has 1 nitrogen and oxygen atoms in total. The summed E-state index contributed by atoms with van der Waals surface area (Å²) in [6.07, 6.45) is 5.17. The largest absolute Gasteiger partial charge is 0.317 e. The molecule has 0 aliphatic carbocycles. The van der Waals surface area contributed by atoms with E-state index in [0.29, 0.717) is 0 Å². The highest BCUT2D eigenvalue weighted by molar-refractivity contribution is 8.02. The summed E-state index contributed by atoms with van der Waals surface area (Å²) in [5, 5.41) is 5.68. The second-order valence-electron chi connectivity index (χ2n) is 3.41. The zero-order chi connectivity index (χ0) is 7.52. The van der Waals surface area contributed by atoms with Crippen molar-refractivity contribution in [2.24, 2.45) is 11.8 Å². The Morgan fingerprint density at radius 1 is 1.27 bits per heavy atom. The second-order valence-corrected chi connectivity index (χ2v) is 4.35. The van der Waals surface area contributed by atoms with Crippen molar-refractivity contribution < 1.29 is 0 Å². The van der Waals surface area contributed by atoms with Crippen molar-refractivity contribution in [1.29, 1.82) is 0 Å². The third kappa shape index (κ3) is 1.79.